The van der Waals surface area contributed by atoms with Gasteiger partial charge >= 0.3 is 0 Å². The molecule has 0 N–H and O–H groups in total. The first-order chi connectivity index (χ1) is 15.6. The van der Waals surface area contributed by atoms with Crippen LogP contribution in [0.4, 0.5) is 0 Å². The van der Waals surface area contributed by atoms with Gasteiger partial charge in [-0.05, 0) is 54.3 Å². The van der Waals surface area contributed by atoms with E-state index in [0.29, 0.717) is 33.9 Å². The molecule has 1 atom stereocenters. The van der Waals surface area contributed by atoms with Crippen LogP contribution in [-0.4, -0.2) is 27.5 Å². The van der Waals surface area contributed by atoms with Gasteiger partial charge in [-0.15, -0.1) is 10.2 Å². The lowest BCUT2D eigenvalue weighted by molar-refractivity contribution is 0.0716. The molecule has 0 aliphatic carbocycles. The highest BCUT2D eigenvalue weighted by molar-refractivity contribution is 6.42. The predicted molar refractivity (Wildman–Crippen MR) is 125 cm³/mol. The number of amides is 1. The molecule has 1 aliphatic rings. The van der Waals surface area contributed by atoms with Gasteiger partial charge in [0.2, 0.25) is 11.8 Å². The highest BCUT2D eigenvalue weighted by atomic mass is 35.5. The summed E-state index contributed by atoms with van der Waals surface area (Å²) in [6, 6.07) is 22.8. The van der Waals surface area contributed by atoms with Gasteiger partial charge in [-0.1, -0.05) is 65.7 Å². The van der Waals surface area contributed by atoms with Crippen molar-refractivity contribution >= 4 is 29.1 Å². The van der Waals surface area contributed by atoms with Gasteiger partial charge in [0.15, 0.2) is 0 Å². The third kappa shape index (κ3) is 4.01. The summed E-state index contributed by atoms with van der Waals surface area (Å²) in [5, 5.41) is 9.26. The van der Waals surface area contributed by atoms with E-state index in [9.17, 15) is 4.79 Å². The topological polar surface area (TPSA) is 59.2 Å². The van der Waals surface area contributed by atoms with Crippen LogP contribution in [0.2, 0.25) is 10.0 Å². The van der Waals surface area contributed by atoms with Crippen molar-refractivity contribution in [1.82, 2.24) is 15.1 Å². The number of likely N-dealkylation sites (tertiary alicyclic amines) is 1. The zero-order valence-electron chi connectivity index (χ0n) is 17.0. The van der Waals surface area contributed by atoms with Crippen LogP contribution in [0.15, 0.2) is 77.2 Å². The quantitative estimate of drug-likeness (QED) is 0.338. The highest BCUT2D eigenvalue weighted by Crippen LogP contribution is 2.35. The van der Waals surface area contributed by atoms with Crippen molar-refractivity contribution in [3.05, 3.63) is 94.3 Å². The van der Waals surface area contributed by atoms with Crippen molar-refractivity contribution in [2.24, 2.45) is 0 Å². The molecule has 4 aromatic rings. The largest absolute Gasteiger partial charge is 0.418 e. The molecule has 1 amide bonds. The van der Waals surface area contributed by atoms with Gasteiger partial charge < -0.3 is 9.32 Å². The fourth-order valence-corrected chi connectivity index (χ4v) is 4.28. The Kier molecular flexibility index (Phi) is 5.68. The smallest absolute Gasteiger partial charge is 0.254 e. The Labute approximate surface area is 195 Å². The van der Waals surface area contributed by atoms with Crippen LogP contribution in [0.25, 0.3) is 22.6 Å². The molecule has 32 heavy (non-hydrogen) atoms. The van der Waals surface area contributed by atoms with Crippen LogP contribution < -0.4 is 0 Å². The fraction of sp³-hybridized carbons (Fsp3) is 0.160. The zero-order chi connectivity index (χ0) is 22.1. The maximum atomic E-state index is 13.1. The molecule has 5 nitrogen and oxygen atoms in total. The second-order valence-corrected chi connectivity index (χ2v) is 8.49. The highest BCUT2D eigenvalue weighted by Gasteiger charge is 2.34. The molecule has 0 radical (unpaired) electrons. The van der Waals surface area contributed by atoms with E-state index < -0.39 is 0 Å². The molecular weight excluding hydrogens is 445 g/mol. The average Bonchev–Trinajstić information content (AvgIpc) is 3.51. The van der Waals surface area contributed by atoms with E-state index in [-0.39, 0.29) is 11.9 Å². The Morgan fingerprint density at radius 1 is 0.875 bits per heavy atom. The fourth-order valence-electron chi connectivity index (χ4n) is 3.98. The van der Waals surface area contributed by atoms with Crippen LogP contribution >= 0.6 is 23.2 Å². The normalized spacial score (nSPS) is 15.8. The summed E-state index contributed by atoms with van der Waals surface area (Å²) in [6.45, 7) is 0.618. The summed E-state index contributed by atoms with van der Waals surface area (Å²) < 4.78 is 6.00. The second-order valence-electron chi connectivity index (χ2n) is 7.67. The average molecular weight is 464 g/mol. The summed E-state index contributed by atoms with van der Waals surface area (Å²) in [5.41, 5.74) is 3.59. The van der Waals surface area contributed by atoms with Crippen molar-refractivity contribution in [3.8, 4) is 22.6 Å². The molecule has 5 rings (SSSR count). The van der Waals surface area contributed by atoms with E-state index in [2.05, 4.69) is 22.3 Å². The summed E-state index contributed by atoms with van der Waals surface area (Å²) >= 11 is 12.1. The molecule has 1 saturated heterocycles. The number of nitrogens with zero attached hydrogens (tertiary/aromatic N) is 3. The minimum Gasteiger partial charge on any atom is -0.418 e. The lowest BCUT2D eigenvalue weighted by atomic mass is 10.0. The maximum absolute atomic E-state index is 13.1. The van der Waals surface area contributed by atoms with Gasteiger partial charge in [-0.2, -0.15) is 0 Å². The Balaban J connectivity index is 1.36. The van der Waals surface area contributed by atoms with Crippen molar-refractivity contribution < 1.29 is 9.21 Å². The molecule has 1 aromatic heterocycles. The summed E-state index contributed by atoms with van der Waals surface area (Å²) in [4.78, 5) is 14.8. The number of carbonyl (C=O) groups excluding carboxylic acids is 1. The Morgan fingerprint density at radius 2 is 1.59 bits per heavy atom. The van der Waals surface area contributed by atoms with Gasteiger partial charge in [-0.3, -0.25) is 4.79 Å². The molecule has 1 aliphatic heterocycles. The van der Waals surface area contributed by atoms with Crippen molar-refractivity contribution in [3.63, 3.8) is 0 Å². The Hall–Kier alpha value is -3.15. The van der Waals surface area contributed by atoms with Gasteiger partial charge in [0, 0.05) is 17.7 Å². The number of halogens is 2. The van der Waals surface area contributed by atoms with Crippen molar-refractivity contribution in [2.75, 3.05) is 6.54 Å². The van der Waals surface area contributed by atoms with Crippen LogP contribution in [0.5, 0.6) is 0 Å². The van der Waals surface area contributed by atoms with E-state index in [4.69, 9.17) is 27.6 Å². The molecule has 2 heterocycles. The minimum atomic E-state index is -0.262. The van der Waals surface area contributed by atoms with Crippen LogP contribution in [0.3, 0.4) is 0 Å². The monoisotopic (exact) mass is 463 g/mol. The third-order valence-electron chi connectivity index (χ3n) is 5.64. The number of rotatable bonds is 4. The number of hydrogen-bond donors (Lipinski definition) is 0. The van der Waals surface area contributed by atoms with Crippen LogP contribution in [0, 0.1) is 0 Å². The SMILES string of the molecule is O=C(c1ccc(Cl)c(Cl)c1)N1CCCC1c1nnc(-c2ccc(-c3ccccc3)cc2)o1. The second kappa shape index (κ2) is 8.77. The first kappa shape index (κ1) is 20.7. The first-order valence-electron chi connectivity index (χ1n) is 10.4. The van der Waals surface area contributed by atoms with Gasteiger partial charge in [0.25, 0.3) is 5.91 Å². The Morgan fingerprint density at radius 3 is 2.34 bits per heavy atom. The molecule has 0 saturated carbocycles. The molecule has 1 unspecified atom stereocenters. The molecule has 1 fully saturated rings. The first-order valence-corrected chi connectivity index (χ1v) is 11.1. The van der Waals surface area contributed by atoms with E-state index in [1.807, 2.05) is 42.5 Å². The van der Waals surface area contributed by atoms with Gasteiger partial charge in [0.05, 0.1) is 10.0 Å². The molecule has 7 heteroatoms. The molecule has 160 valence electrons. The number of hydrogen-bond acceptors (Lipinski definition) is 4. The predicted octanol–water partition coefficient (Wildman–Crippen LogP) is 6.69. The van der Waals surface area contributed by atoms with Crippen LogP contribution in [0.1, 0.15) is 35.1 Å². The molecular formula is C25H19Cl2N3O2. The van der Waals surface area contributed by atoms with E-state index in [1.54, 1.807) is 23.1 Å². The van der Waals surface area contributed by atoms with E-state index in [1.165, 1.54) is 0 Å². The van der Waals surface area contributed by atoms with Crippen molar-refractivity contribution in [2.45, 2.75) is 18.9 Å². The summed E-state index contributed by atoms with van der Waals surface area (Å²) in [5.74, 6) is 0.754. The van der Waals surface area contributed by atoms with Gasteiger partial charge in [-0.25, -0.2) is 0 Å². The molecule has 0 spiro atoms. The van der Waals surface area contributed by atoms with E-state index >= 15 is 0 Å². The lowest BCUT2D eigenvalue weighted by Gasteiger charge is -2.22. The van der Waals surface area contributed by atoms with Crippen LogP contribution in [-0.2, 0) is 0 Å². The zero-order valence-corrected chi connectivity index (χ0v) is 18.6. The lowest BCUT2D eigenvalue weighted by Crippen LogP contribution is -2.30. The molecule has 0 bridgehead atoms. The number of carbonyl (C=O) groups is 1. The van der Waals surface area contributed by atoms with Crippen molar-refractivity contribution in [1.29, 1.82) is 0 Å². The summed E-state index contributed by atoms with van der Waals surface area (Å²) in [7, 11) is 0. The third-order valence-corrected chi connectivity index (χ3v) is 6.38. The maximum Gasteiger partial charge on any atom is 0.254 e. The van der Waals surface area contributed by atoms with E-state index in [0.717, 1.165) is 29.5 Å². The standard InChI is InChI=1S/C25H19Cl2N3O2/c26-20-13-12-19(15-21(20)27)25(31)30-14-4-7-22(30)24-29-28-23(32-24)18-10-8-17(9-11-18)16-5-2-1-3-6-16/h1-3,5-6,8-13,15,22H,4,7,14H2. The minimum absolute atomic E-state index is 0.127. The Bertz CT molecular complexity index is 1260. The molecule has 3 aromatic carbocycles. The number of aromatic nitrogens is 2. The van der Waals surface area contributed by atoms with Gasteiger partial charge in [0.1, 0.15) is 6.04 Å². The summed E-state index contributed by atoms with van der Waals surface area (Å²) in [6.07, 6.45) is 1.63. The number of benzene rings is 3.